The van der Waals surface area contributed by atoms with Crippen molar-refractivity contribution in [1.29, 1.82) is 5.26 Å². The minimum absolute atomic E-state index is 0.608. The third-order valence-electron chi connectivity index (χ3n) is 4.54. The van der Waals surface area contributed by atoms with Crippen molar-refractivity contribution in [3.8, 4) is 17.2 Å². The largest absolute Gasteiger partial charge is 0.378 e. The summed E-state index contributed by atoms with van der Waals surface area (Å²) < 4.78 is 5.40. The summed E-state index contributed by atoms with van der Waals surface area (Å²) in [5.41, 5.74) is 4.32. The van der Waals surface area contributed by atoms with E-state index >= 15 is 0 Å². The Morgan fingerprint density at radius 2 is 1.85 bits per heavy atom. The predicted octanol–water partition coefficient (Wildman–Crippen LogP) is 3.60. The fourth-order valence-corrected chi connectivity index (χ4v) is 3.19. The van der Waals surface area contributed by atoms with Gasteiger partial charge in [0.15, 0.2) is 0 Å². The summed E-state index contributed by atoms with van der Waals surface area (Å²) in [5.74, 6) is 0.734. The van der Waals surface area contributed by atoms with E-state index in [2.05, 4.69) is 32.3 Å². The van der Waals surface area contributed by atoms with Crippen LogP contribution in [0.2, 0.25) is 0 Å². The number of morpholine rings is 1. The summed E-state index contributed by atoms with van der Waals surface area (Å²) in [4.78, 5) is 10.9. The lowest BCUT2D eigenvalue weighted by molar-refractivity contribution is 0.122. The fourth-order valence-electron chi connectivity index (χ4n) is 3.19. The van der Waals surface area contributed by atoms with Gasteiger partial charge in [0.2, 0.25) is 0 Å². The van der Waals surface area contributed by atoms with E-state index in [0.717, 1.165) is 54.6 Å². The second-order valence-corrected chi connectivity index (χ2v) is 6.20. The van der Waals surface area contributed by atoms with Crippen LogP contribution in [0.5, 0.6) is 0 Å². The number of nitrogens with one attached hydrogen (secondary N) is 1. The Bertz CT molecular complexity index is 945. The van der Waals surface area contributed by atoms with Gasteiger partial charge >= 0.3 is 0 Å². The number of hydrogen-bond acceptors (Lipinski definition) is 6. The Hall–Kier alpha value is -3.43. The zero-order valence-corrected chi connectivity index (χ0v) is 14.8. The molecule has 6 heteroatoms. The highest BCUT2D eigenvalue weighted by Gasteiger charge is 2.13. The Kier molecular flexibility index (Phi) is 4.95. The smallest absolute Gasteiger partial charge is 0.130 e. The van der Waals surface area contributed by atoms with Gasteiger partial charge in [-0.25, -0.2) is 4.98 Å². The second-order valence-electron chi connectivity index (χ2n) is 6.20. The summed E-state index contributed by atoms with van der Waals surface area (Å²) in [6.45, 7) is 3.25. The molecule has 6 nitrogen and oxygen atoms in total. The molecule has 3 aromatic rings. The van der Waals surface area contributed by atoms with Crippen LogP contribution in [0.15, 0.2) is 61.1 Å². The van der Waals surface area contributed by atoms with Crippen LogP contribution >= 0.6 is 0 Å². The SMILES string of the molecule is N#Cc1cccc(Nc2ccc(N3CCOCC3)cn2)c1-c1ccncc1. The molecule has 1 saturated heterocycles. The molecule has 0 bridgehead atoms. The maximum absolute atomic E-state index is 9.53. The number of aromatic nitrogens is 2. The molecule has 1 N–H and O–H groups in total. The standard InChI is InChI=1S/C21H19N5O/c22-14-17-2-1-3-19(21(17)16-6-8-23-9-7-16)25-20-5-4-18(15-24-20)26-10-12-27-13-11-26/h1-9,15H,10-13H2,(H,24,25). The van der Waals surface area contributed by atoms with Gasteiger partial charge in [-0.1, -0.05) is 6.07 Å². The number of anilines is 3. The van der Waals surface area contributed by atoms with Gasteiger partial charge in [-0.2, -0.15) is 5.26 Å². The van der Waals surface area contributed by atoms with Gasteiger partial charge in [0.25, 0.3) is 0 Å². The average Bonchev–Trinajstić information content (AvgIpc) is 2.75. The molecule has 0 spiro atoms. The van der Waals surface area contributed by atoms with Gasteiger partial charge < -0.3 is 15.0 Å². The molecule has 4 rings (SSSR count). The van der Waals surface area contributed by atoms with Gasteiger partial charge in [-0.15, -0.1) is 0 Å². The maximum Gasteiger partial charge on any atom is 0.130 e. The number of pyridine rings is 2. The number of ether oxygens (including phenoxy) is 1. The van der Waals surface area contributed by atoms with Gasteiger partial charge in [0.05, 0.1) is 36.7 Å². The molecule has 1 aliphatic heterocycles. The molecule has 1 fully saturated rings. The summed E-state index contributed by atoms with van der Waals surface area (Å²) in [6.07, 6.45) is 5.32. The fraction of sp³-hybridized carbons (Fsp3) is 0.190. The minimum atomic E-state index is 0.608. The number of nitriles is 1. The van der Waals surface area contributed by atoms with E-state index in [1.807, 2.05) is 42.6 Å². The lowest BCUT2D eigenvalue weighted by Gasteiger charge is -2.28. The third kappa shape index (κ3) is 3.73. The number of benzene rings is 1. The van der Waals surface area contributed by atoms with Crippen LogP contribution in [-0.2, 0) is 4.74 Å². The molecular weight excluding hydrogens is 338 g/mol. The minimum Gasteiger partial charge on any atom is -0.378 e. The van der Waals surface area contributed by atoms with E-state index in [4.69, 9.17) is 4.74 Å². The number of hydrogen-bond donors (Lipinski definition) is 1. The Morgan fingerprint density at radius 1 is 1.04 bits per heavy atom. The Morgan fingerprint density at radius 3 is 2.56 bits per heavy atom. The zero-order chi connectivity index (χ0) is 18.5. The maximum atomic E-state index is 9.53. The molecule has 0 amide bonds. The van der Waals surface area contributed by atoms with E-state index in [9.17, 15) is 5.26 Å². The monoisotopic (exact) mass is 357 g/mol. The molecule has 0 aliphatic carbocycles. The van der Waals surface area contributed by atoms with Crippen molar-refractivity contribution >= 4 is 17.2 Å². The molecule has 0 radical (unpaired) electrons. The first-order chi connectivity index (χ1) is 13.3. The molecule has 1 aliphatic rings. The van der Waals surface area contributed by atoms with E-state index in [1.54, 1.807) is 12.4 Å². The molecule has 0 saturated carbocycles. The molecular formula is C21H19N5O. The van der Waals surface area contributed by atoms with E-state index in [-0.39, 0.29) is 0 Å². The number of nitrogens with zero attached hydrogens (tertiary/aromatic N) is 4. The first-order valence-electron chi connectivity index (χ1n) is 8.84. The highest BCUT2D eigenvalue weighted by molar-refractivity contribution is 5.84. The van der Waals surface area contributed by atoms with Gasteiger partial charge in [0.1, 0.15) is 5.82 Å². The molecule has 3 heterocycles. The Labute approximate surface area is 158 Å². The van der Waals surface area contributed by atoms with Crippen LogP contribution in [-0.4, -0.2) is 36.3 Å². The molecule has 134 valence electrons. The molecule has 0 unspecified atom stereocenters. The van der Waals surface area contributed by atoms with Crippen molar-refractivity contribution < 1.29 is 4.74 Å². The van der Waals surface area contributed by atoms with Crippen LogP contribution in [0.1, 0.15) is 5.56 Å². The van der Waals surface area contributed by atoms with Crippen molar-refractivity contribution in [2.75, 3.05) is 36.5 Å². The van der Waals surface area contributed by atoms with Crippen molar-refractivity contribution in [1.82, 2.24) is 9.97 Å². The van der Waals surface area contributed by atoms with Crippen LogP contribution in [0.3, 0.4) is 0 Å². The Balaban J connectivity index is 1.62. The number of rotatable bonds is 4. The van der Waals surface area contributed by atoms with Crippen LogP contribution < -0.4 is 10.2 Å². The van der Waals surface area contributed by atoms with Crippen LogP contribution in [0.25, 0.3) is 11.1 Å². The summed E-state index contributed by atoms with van der Waals surface area (Å²) in [5, 5.41) is 12.9. The van der Waals surface area contributed by atoms with Crippen molar-refractivity contribution in [3.63, 3.8) is 0 Å². The van der Waals surface area contributed by atoms with Crippen molar-refractivity contribution in [3.05, 3.63) is 66.6 Å². The molecule has 27 heavy (non-hydrogen) atoms. The average molecular weight is 357 g/mol. The first kappa shape index (κ1) is 17.0. The third-order valence-corrected chi connectivity index (χ3v) is 4.54. The summed E-state index contributed by atoms with van der Waals surface area (Å²) in [7, 11) is 0. The van der Waals surface area contributed by atoms with E-state index in [1.165, 1.54) is 0 Å². The van der Waals surface area contributed by atoms with E-state index < -0.39 is 0 Å². The highest BCUT2D eigenvalue weighted by atomic mass is 16.5. The highest BCUT2D eigenvalue weighted by Crippen LogP contribution is 2.33. The lowest BCUT2D eigenvalue weighted by Crippen LogP contribution is -2.36. The lowest BCUT2D eigenvalue weighted by atomic mass is 9.99. The van der Waals surface area contributed by atoms with Gasteiger partial charge in [-0.05, 0) is 42.0 Å². The summed E-state index contributed by atoms with van der Waals surface area (Å²) >= 11 is 0. The van der Waals surface area contributed by atoms with Crippen LogP contribution in [0, 0.1) is 11.3 Å². The van der Waals surface area contributed by atoms with Crippen molar-refractivity contribution in [2.45, 2.75) is 0 Å². The predicted molar refractivity (Wildman–Crippen MR) is 105 cm³/mol. The summed E-state index contributed by atoms with van der Waals surface area (Å²) in [6, 6.07) is 15.7. The van der Waals surface area contributed by atoms with Crippen molar-refractivity contribution in [2.24, 2.45) is 0 Å². The topological polar surface area (TPSA) is 74.1 Å². The zero-order valence-electron chi connectivity index (χ0n) is 14.8. The van der Waals surface area contributed by atoms with Crippen LogP contribution in [0.4, 0.5) is 17.2 Å². The van der Waals surface area contributed by atoms with E-state index in [0.29, 0.717) is 5.56 Å². The quantitative estimate of drug-likeness (QED) is 0.769. The molecule has 0 atom stereocenters. The molecule has 1 aromatic carbocycles. The van der Waals surface area contributed by atoms with Gasteiger partial charge in [-0.3, -0.25) is 4.98 Å². The van der Waals surface area contributed by atoms with Gasteiger partial charge in [0, 0.05) is 36.7 Å². The second kappa shape index (κ2) is 7.85. The molecule has 2 aromatic heterocycles. The first-order valence-corrected chi connectivity index (χ1v) is 8.84. The normalized spacial score (nSPS) is 13.8.